The van der Waals surface area contributed by atoms with Crippen molar-refractivity contribution in [1.29, 1.82) is 0 Å². The Bertz CT molecular complexity index is 835. The van der Waals surface area contributed by atoms with Crippen LogP contribution in [0.3, 0.4) is 0 Å². The largest absolute Gasteiger partial charge is 0.477 e. The van der Waals surface area contributed by atoms with Gasteiger partial charge >= 0.3 is 5.97 Å². The van der Waals surface area contributed by atoms with Crippen molar-refractivity contribution in [2.75, 3.05) is 6.54 Å². The van der Waals surface area contributed by atoms with E-state index in [2.05, 4.69) is 5.32 Å². The standard InChI is InChI=1S/C19H25N3O5S/c1-8-15-14(9(2)23)18(24)22(15)16(19(25)26)17(8)28-11-5-12(21-7-11)13-4-3-10(6-20)27-13/h3-4,8-9,11-12,14-15,21,23H,5-7,20H2,1-2H3,(H,25,26)/t8-,9-,11+,12-,14-,15-/m1/s1. The Morgan fingerprint density at radius 2 is 2.25 bits per heavy atom. The van der Waals surface area contributed by atoms with E-state index in [9.17, 15) is 19.8 Å². The number of nitrogens with one attached hydrogen (secondary N) is 1. The molecular formula is C19H25N3O5S. The van der Waals surface area contributed by atoms with Gasteiger partial charge in [0.25, 0.3) is 0 Å². The van der Waals surface area contributed by atoms with E-state index >= 15 is 0 Å². The third-order valence-corrected chi connectivity index (χ3v) is 7.43. The molecule has 0 saturated carbocycles. The number of aliphatic hydroxyl groups is 1. The number of hydrogen-bond acceptors (Lipinski definition) is 7. The number of fused-ring (bicyclic) bond motifs is 1. The average molecular weight is 407 g/mol. The second-order valence-corrected chi connectivity index (χ2v) is 9.06. The fourth-order valence-corrected chi connectivity index (χ4v) is 6.04. The van der Waals surface area contributed by atoms with Crippen LogP contribution in [0, 0.1) is 11.8 Å². The van der Waals surface area contributed by atoms with E-state index in [1.54, 1.807) is 6.92 Å². The lowest BCUT2D eigenvalue weighted by molar-refractivity contribution is -0.163. The van der Waals surface area contributed by atoms with E-state index in [4.69, 9.17) is 10.2 Å². The van der Waals surface area contributed by atoms with Crippen LogP contribution in [0.5, 0.6) is 0 Å². The van der Waals surface area contributed by atoms with Crippen LogP contribution < -0.4 is 11.1 Å². The van der Waals surface area contributed by atoms with Crippen LogP contribution in [-0.2, 0) is 16.1 Å². The van der Waals surface area contributed by atoms with Crippen molar-refractivity contribution in [3.63, 3.8) is 0 Å². The lowest BCUT2D eigenvalue weighted by atomic mass is 9.79. The summed E-state index contributed by atoms with van der Waals surface area (Å²) >= 11 is 1.53. The zero-order valence-electron chi connectivity index (χ0n) is 15.8. The fraction of sp³-hybridized carbons (Fsp3) is 0.579. The lowest BCUT2D eigenvalue weighted by Crippen LogP contribution is -2.63. The van der Waals surface area contributed by atoms with Crippen LogP contribution >= 0.6 is 11.8 Å². The summed E-state index contributed by atoms with van der Waals surface area (Å²) in [6.45, 7) is 4.60. The maximum atomic E-state index is 12.4. The van der Waals surface area contributed by atoms with Gasteiger partial charge in [0.2, 0.25) is 5.91 Å². The quantitative estimate of drug-likeness (QED) is 0.515. The molecule has 1 amide bonds. The number of aliphatic carboxylic acids is 1. The van der Waals surface area contributed by atoms with Gasteiger partial charge in [-0.1, -0.05) is 6.92 Å². The number of β-lactam (4-membered cyclic amide) rings is 1. The SMILES string of the molecule is C[C@@H](O)[C@H]1C(=O)N2C(C(=O)O)=C(S[C@@H]3CN[C@@H](c4ccc(CN)o4)C3)[C@H](C)[C@H]12. The molecule has 0 aromatic carbocycles. The Hall–Kier alpha value is -1.81. The Kier molecular flexibility index (Phi) is 5.03. The Morgan fingerprint density at radius 1 is 1.50 bits per heavy atom. The fourth-order valence-electron chi connectivity index (χ4n) is 4.56. The molecule has 0 aliphatic carbocycles. The van der Waals surface area contributed by atoms with Crippen LogP contribution in [0.1, 0.15) is 37.8 Å². The molecule has 0 spiro atoms. The molecular weight excluding hydrogens is 382 g/mol. The van der Waals surface area contributed by atoms with Gasteiger partial charge in [-0.2, -0.15) is 0 Å². The number of carboxylic acids is 1. The summed E-state index contributed by atoms with van der Waals surface area (Å²) in [5.41, 5.74) is 5.68. The van der Waals surface area contributed by atoms with E-state index < -0.39 is 18.0 Å². The van der Waals surface area contributed by atoms with E-state index in [-0.39, 0.29) is 34.9 Å². The van der Waals surface area contributed by atoms with Gasteiger partial charge in [0, 0.05) is 22.6 Å². The van der Waals surface area contributed by atoms with Gasteiger partial charge in [0.05, 0.1) is 30.7 Å². The molecule has 5 N–H and O–H groups in total. The number of carbonyl (C=O) groups is 2. The molecule has 0 unspecified atom stereocenters. The maximum Gasteiger partial charge on any atom is 0.353 e. The molecule has 3 aliphatic heterocycles. The first-order valence-corrected chi connectivity index (χ1v) is 10.4. The van der Waals surface area contributed by atoms with Crippen molar-refractivity contribution in [3.05, 3.63) is 34.3 Å². The minimum atomic E-state index is -1.09. The maximum absolute atomic E-state index is 12.4. The van der Waals surface area contributed by atoms with Crippen LogP contribution in [0.15, 0.2) is 27.2 Å². The first kappa shape index (κ1) is 19.5. The van der Waals surface area contributed by atoms with E-state index in [1.165, 1.54) is 16.7 Å². The van der Waals surface area contributed by atoms with Crippen molar-refractivity contribution in [2.45, 2.75) is 50.3 Å². The van der Waals surface area contributed by atoms with Gasteiger partial charge in [-0.3, -0.25) is 4.79 Å². The number of nitrogens with two attached hydrogens (primary N) is 1. The van der Waals surface area contributed by atoms with Crippen LogP contribution in [0.4, 0.5) is 0 Å². The molecule has 0 radical (unpaired) electrons. The van der Waals surface area contributed by atoms with Crippen molar-refractivity contribution >= 4 is 23.6 Å². The number of aliphatic hydroxyl groups excluding tert-OH is 1. The van der Waals surface area contributed by atoms with Crippen LogP contribution in [-0.4, -0.2) is 50.9 Å². The second-order valence-electron chi connectivity index (χ2n) is 7.72. The van der Waals surface area contributed by atoms with Gasteiger partial charge in [-0.05, 0) is 25.5 Å². The summed E-state index contributed by atoms with van der Waals surface area (Å²) in [6.07, 6.45) is 0.00726. The summed E-state index contributed by atoms with van der Waals surface area (Å²) in [5, 5.41) is 23.3. The normalized spacial score (nSPS) is 33.2. The zero-order chi connectivity index (χ0) is 20.2. The minimum Gasteiger partial charge on any atom is -0.477 e. The zero-order valence-corrected chi connectivity index (χ0v) is 16.6. The van der Waals surface area contributed by atoms with Crippen LogP contribution in [0.25, 0.3) is 0 Å². The van der Waals surface area contributed by atoms with Gasteiger partial charge < -0.3 is 30.6 Å². The number of carbonyl (C=O) groups excluding carboxylic acids is 1. The lowest BCUT2D eigenvalue weighted by Gasteiger charge is -2.46. The number of nitrogens with zero attached hydrogens (tertiary/aromatic N) is 1. The van der Waals surface area contributed by atoms with E-state index in [1.807, 2.05) is 19.1 Å². The van der Waals surface area contributed by atoms with Crippen molar-refractivity contribution in [1.82, 2.24) is 10.2 Å². The first-order valence-electron chi connectivity index (χ1n) is 9.50. The number of furan rings is 1. The van der Waals surface area contributed by atoms with Crippen molar-refractivity contribution in [2.24, 2.45) is 17.6 Å². The molecule has 3 aliphatic rings. The third kappa shape index (κ3) is 2.97. The molecule has 1 aromatic heterocycles. The molecule has 2 fully saturated rings. The highest BCUT2D eigenvalue weighted by Gasteiger charge is 2.60. The van der Waals surface area contributed by atoms with Gasteiger partial charge in [-0.15, -0.1) is 11.8 Å². The Balaban J connectivity index is 1.51. The minimum absolute atomic E-state index is 0.0623. The summed E-state index contributed by atoms with van der Waals surface area (Å²) in [5.74, 6) is -0.457. The topological polar surface area (TPSA) is 129 Å². The molecule has 2 saturated heterocycles. The summed E-state index contributed by atoms with van der Waals surface area (Å²) in [6, 6.07) is 3.58. The summed E-state index contributed by atoms with van der Waals surface area (Å²) in [7, 11) is 0. The monoisotopic (exact) mass is 407 g/mol. The highest BCUT2D eigenvalue weighted by Crippen LogP contribution is 2.52. The molecule has 0 bridgehead atoms. The predicted molar refractivity (Wildman–Crippen MR) is 103 cm³/mol. The molecule has 9 heteroatoms. The number of rotatable bonds is 6. The van der Waals surface area contributed by atoms with Gasteiger partial charge in [-0.25, -0.2) is 4.79 Å². The number of hydrogen-bond donors (Lipinski definition) is 4. The number of carboxylic acid groups (broad SMARTS) is 1. The van der Waals surface area contributed by atoms with Crippen LogP contribution in [0.2, 0.25) is 0 Å². The Morgan fingerprint density at radius 3 is 2.86 bits per heavy atom. The van der Waals surface area contributed by atoms with E-state index in [0.29, 0.717) is 6.54 Å². The average Bonchev–Trinajstić information content (AvgIpc) is 3.33. The van der Waals surface area contributed by atoms with Crippen molar-refractivity contribution in [3.8, 4) is 0 Å². The number of amides is 1. The van der Waals surface area contributed by atoms with Gasteiger partial charge in [0.1, 0.15) is 17.2 Å². The molecule has 28 heavy (non-hydrogen) atoms. The summed E-state index contributed by atoms with van der Waals surface area (Å²) in [4.78, 5) is 26.4. The highest BCUT2D eigenvalue weighted by atomic mass is 32.2. The summed E-state index contributed by atoms with van der Waals surface area (Å²) < 4.78 is 5.73. The van der Waals surface area contributed by atoms with Gasteiger partial charge in [0.15, 0.2) is 0 Å². The predicted octanol–water partition coefficient (Wildman–Crippen LogP) is 1.03. The third-order valence-electron chi connectivity index (χ3n) is 5.92. The molecule has 4 heterocycles. The second kappa shape index (κ2) is 7.22. The van der Waals surface area contributed by atoms with Crippen molar-refractivity contribution < 1.29 is 24.2 Å². The molecule has 152 valence electrons. The number of thioether (sulfide) groups is 1. The molecule has 8 nitrogen and oxygen atoms in total. The Labute approximate surface area is 167 Å². The first-order chi connectivity index (χ1) is 13.3. The molecule has 1 aromatic rings. The smallest absolute Gasteiger partial charge is 0.353 e. The highest BCUT2D eigenvalue weighted by molar-refractivity contribution is 8.03. The van der Waals surface area contributed by atoms with E-state index in [0.717, 1.165) is 29.4 Å². The molecule has 6 atom stereocenters. The molecule has 4 rings (SSSR count).